The van der Waals surface area contributed by atoms with E-state index in [0.29, 0.717) is 5.92 Å². The molecule has 7 heteroatoms. The van der Waals surface area contributed by atoms with Crippen molar-refractivity contribution >= 4 is 23.3 Å². The maximum atomic E-state index is 12.4. The predicted octanol–water partition coefficient (Wildman–Crippen LogP) is 3.20. The first-order chi connectivity index (χ1) is 12.1. The fraction of sp³-hybridized carbons (Fsp3) is 0.500. The van der Waals surface area contributed by atoms with E-state index in [1.165, 1.54) is 4.88 Å². The number of amides is 2. The zero-order valence-corrected chi connectivity index (χ0v) is 15.5. The highest BCUT2D eigenvalue weighted by molar-refractivity contribution is 7.10. The third kappa shape index (κ3) is 4.69. The van der Waals surface area contributed by atoms with Crippen LogP contribution >= 0.6 is 11.3 Å². The second kappa shape index (κ2) is 8.29. The number of carbonyl (C=O) groups is 1. The molecule has 0 aromatic carbocycles. The molecule has 2 aromatic heterocycles. The summed E-state index contributed by atoms with van der Waals surface area (Å²) in [5.74, 6) is 1.12. The summed E-state index contributed by atoms with van der Waals surface area (Å²) in [6.45, 7) is 5.97. The number of urea groups is 1. The second-order valence-electron chi connectivity index (χ2n) is 6.67. The van der Waals surface area contributed by atoms with Gasteiger partial charge in [0.1, 0.15) is 0 Å². The Kier molecular flexibility index (Phi) is 5.86. The number of hydrogen-bond donors (Lipinski definition) is 2. The van der Waals surface area contributed by atoms with Crippen molar-refractivity contribution in [3.05, 3.63) is 40.8 Å². The molecule has 2 amide bonds. The lowest BCUT2D eigenvalue weighted by molar-refractivity contribution is 0.227. The molecule has 0 radical (unpaired) electrons. The van der Waals surface area contributed by atoms with E-state index in [2.05, 4.69) is 45.4 Å². The van der Waals surface area contributed by atoms with Crippen molar-refractivity contribution in [1.29, 1.82) is 0 Å². The lowest BCUT2D eigenvalue weighted by atomic mass is 10.0. The topological polar surface area (TPSA) is 70.2 Å². The van der Waals surface area contributed by atoms with E-state index in [4.69, 9.17) is 0 Å². The molecule has 1 saturated heterocycles. The molecule has 6 nitrogen and oxygen atoms in total. The Hall–Kier alpha value is -2.15. The van der Waals surface area contributed by atoms with Crippen LogP contribution in [0.1, 0.15) is 37.6 Å². The maximum Gasteiger partial charge on any atom is 0.315 e. The van der Waals surface area contributed by atoms with Crippen molar-refractivity contribution < 1.29 is 4.79 Å². The number of carbonyl (C=O) groups excluding carboxylic acids is 1. The zero-order chi connectivity index (χ0) is 17.6. The number of anilines is 1. The Bertz CT molecular complexity index is 653. The van der Waals surface area contributed by atoms with Crippen molar-refractivity contribution in [3.63, 3.8) is 0 Å². The molecule has 0 aliphatic carbocycles. The maximum absolute atomic E-state index is 12.4. The Balaban J connectivity index is 1.49. The summed E-state index contributed by atoms with van der Waals surface area (Å²) in [5, 5.41) is 8.30. The van der Waals surface area contributed by atoms with Gasteiger partial charge in [-0.25, -0.2) is 14.8 Å². The minimum atomic E-state index is -0.0819. The van der Waals surface area contributed by atoms with Crippen LogP contribution in [-0.2, 0) is 0 Å². The van der Waals surface area contributed by atoms with E-state index >= 15 is 0 Å². The molecular formula is C18H25N5OS. The van der Waals surface area contributed by atoms with E-state index in [-0.39, 0.29) is 18.1 Å². The largest absolute Gasteiger partial charge is 0.341 e. The number of nitrogens with zero attached hydrogens (tertiary/aromatic N) is 3. The van der Waals surface area contributed by atoms with E-state index in [0.717, 1.165) is 31.9 Å². The molecule has 1 atom stereocenters. The standard InChI is InChI=1S/C18H25N5OS/c1-13(2)16(15-5-3-12-25-15)22-18(24)21-14-6-10-23(11-7-14)17-19-8-4-9-20-17/h3-5,8-9,12-14,16H,6-7,10-11H2,1-2H3,(H2,21,22,24). The van der Waals surface area contributed by atoms with Gasteiger partial charge in [0.05, 0.1) is 6.04 Å². The molecule has 2 aromatic rings. The number of piperidine rings is 1. The predicted molar refractivity (Wildman–Crippen MR) is 101 cm³/mol. The molecule has 0 saturated carbocycles. The van der Waals surface area contributed by atoms with Crippen LogP contribution in [-0.4, -0.2) is 35.1 Å². The van der Waals surface area contributed by atoms with Gasteiger partial charge in [0.25, 0.3) is 0 Å². The minimum Gasteiger partial charge on any atom is -0.341 e. The van der Waals surface area contributed by atoms with Crippen molar-refractivity contribution in [2.45, 2.75) is 38.8 Å². The average Bonchev–Trinajstić information content (AvgIpc) is 3.15. The average molecular weight is 359 g/mol. The SMILES string of the molecule is CC(C)C(NC(=O)NC1CCN(c2ncccn2)CC1)c1cccs1. The van der Waals surface area contributed by atoms with Gasteiger partial charge in [0.2, 0.25) is 5.95 Å². The molecule has 1 aliphatic rings. The van der Waals surface area contributed by atoms with Gasteiger partial charge in [0.15, 0.2) is 0 Å². The fourth-order valence-electron chi connectivity index (χ4n) is 3.08. The van der Waals surface area contributed by atoms with Crippen LogP contribution in [0.5, 0.6) is 0 Å². The van der Waals surface area contributed by atoms with Crippen molar-refractivity contribution in [2.75, 3.05) is 18.0 Å². The van der Waals surface area contributed by atoms with E-state index < -0.39 is 0 Å². The van der Waals surface area contributed by atoms with Crippen molar-refractivity contribution in [2.24, 2.45) is 5.92 Å². The van der Waals surface area contributed by atoms with E-state index in [1.807, 2.05) is 17.5 Å². The Morgan fingerprint density at radius 3 is 2.56 bits per heavy atom. The van der Waals surface area contributed by atoms with Crippen LogP contribution in [0, 0.1) is 5.92 Å². The first-order valence-electron chi connectivity index (χ1n) is 8.76. The molecule has 0 bridgehead atoms. The van der Waals surface area contributed by atoms with E-state index in [9.17, 15) is 4.79 Å². The quantitative estimate of drug-likeness (QED) is 0.860. The highest BCUT2D eigenvalue weighted by Crippen LogP contribution is 2.25. The summed E-state index contributed by atoms with van der Waals surface area (Å²) in [4.78, 5) is 24.4. The van der Waals surface area contributed by atoms with Gasteiger partial charge < -0.3 is 15.5 Å². The summed E-state index contributed by atoms with van der Waals surface area (Å²) in [6, 6.07) is 6.08. The van der Waals surface area contributed by atoms with E-state index in [1.54, 1.807) is 23.7 Å². The molecule has 1 fully saturated rings. The van der Waals surface area contributed by atoms with Gasteiger partial charge in [-0.3, -0.25) is 0 Å². The molecule has 3 rings (SSSR count). The number of nitrogens with one attached hydrogen (secondary N) is 2. The third-order valence-electron chi connectivity index (χ3n) is 4.47. The Labute approximate surface area is 152 Å². The summed E-state index contributed by atoms with van der Waals surface area (Å²) in [6.07, 6.45) is 5.32. The van der Waals surface area contributed by atoms with Gasteiger partial charge in [-0.05, 0) is 36.3 Å². The van der Waals surface area contributed by atoms with Crippen molar-refractivity contribution in [1.82, 2.24) is 20.6 Å². The number of thiophene rings is 1. The van der Waals surface area contributed by atoms with Crippen LogP contribution in [0.2, 0.25) is 0 Å². The Morgan fingerprint density at radius 1 is 1.24 bits per heavy atom. The molecule has 25 heavy (non-hydrogen) atoms. The zero-order valence-electron chi connectivity index (χ0n) is 14.7. The Morgan fingerprint density at radius 2 is 1.96 bits per heavy atom. The number of hydrogen-bond acceptors (Lipinski definition) is 5. The molecule has 1 unspecified atom stereocenters. The van der Waals surface area contributed by atoms with Gasteiger partial charge in [-0.2, -0.15) is 0 Å². The highest BCUT2D eigenvalue weighted by Gasteiger charge is 2.24. The van der Waals surface area contributed by atoms with Crippen LogP contribution in [0.3, 0.4) is 0 Å². The summed E-state index contributed by atoms with van der Waals surface area (Å²) in [5.41, 5.74) is 0. The fourth-order valence-corrected chi connectivity index (χ4v) is 4.03. The number of aromatic nitrogens is 2. The lowest BCUT2D eigenvalue weighted by Gasteiger charge is -2.32. The van der Waals surface area contributed by atoms with Gasteiger partial charge in [-0.1, -0.05) is 19.9 Å². The van der Waals surface area contributed by atoms with Gasteiger partial charge >= 0.3 is 6.03 Å². The second-order valence-corrected chi connectivity index (χ2v) is 7.64. The van der Waals surface area contributed by atoms with Gasteiger partial charge in [-0.15, -0.1) is 11.3 Å². The van der Waals surface area contributed by atoms with Crippen molar-refractivity contribution in [3.8, 4) is 0 Å². The summed E-state index contributed by atoms with van der Waals surface area (Å²) >= 11 is 1.68. The molecule has 3 heterocycles. The van der Waals surface area contributed by atoms with Crippen LogP contribution in [0.4, 0.5) is 10.7 Å². The molecule has 1 aliphatic heterocycles. The van der Waals surface area contributed by atoms with Crippen LogP contribution in [0.25, 0.3) is 0 Å². The third-order valence-corrected chi connectivity index (χ3v) is 5.42. The highest BCUT2D eigenvalue weighted by atomic mass is 32.1. The normalized spacial score (nSPS) is 16.7. The monoisotopic (exact) mass is 359 g/mol. The number of rotatable bonds is 5. The smallest absolute Gasteiger partial charge is 0.315 e. The van der Waals surface area contributed by atoms with Crippen LogP contribution < -0.4 is 15.5 Å². The minimum absolute atomic E-state index is 0.0535. The first kappa shape index (κ1) is 17.7. The molecule has 0 spiro atoms. The summed E-state index contributed by atoms with van der Waals surface area (Å²) < 4.78 is 0. The van der Waals surface area contributed by atoms with Gasteiger partial charge in [0, 0.05) is 36.4 Å². The first-order valence-corrected chi connectivity index (χ1v) is 9.64. The molecule has 2 N–H and O–H groups in total. The van der Waals surface area contributed by atoms with Crippen LogP contribution in [0.15, 0.2) is 36.0 Å². The lowest BCUT2D eigenvalue weighted by Crippen LogP contribution is -2.49. The molecule has 134 valence electrons. The molecular weight excluding hydrogens is 334 g/mol. The summed E-state index contributed by atoms with van der Waals surface area (Å²) in [7, 11) is 0.